The Morgan fingerprint density at radius 1 is 0.938 bits per heavy atom. The van der Waals surface area contributed by atoms with Crippen LogP contribution in [0, 0.1) is 23.2 Å². The first-order valence-electron chi connectivity index (χ1n) is 12.8. The summed E-state index contributed by atoms with van der Waals surface area (Å²) in [6, 6.07) is 7.82. The van der Waals surface area contributed by atoms with Gasteiger partial charge >= 0.3 is 0 Å². The first-order chi connectivity index (χ1) is 15.2. The number of hydrogen-bond acceptors (Lipinski definition) is 3. The molecule has 6 rings (SSSR count). The molecule has 0 spiro atoms. The molecule has 0 heterocycles. The Morgan fingerprint density at radius 2 is 1.50 bits per heavy atom. The third-order valence-corrected chi connectivity index (χ3v) is 11.0. The van der Waals surface area contributed by atoms with E-state index in [-0.39, 0.29) is 16.9 Å². The maximum atomic E-state index is 13.5. The van der Waals surface area contributed by atoms with Gasteiger partial charge in [-0.05, 0) is 106 Å². The Labute approximate surface area is 193 Å². The maximum Gasteiger partial charge on any atom is 0.226 e. The zero-order valence-electron chi connectivity index (χ0n) is 19.7. The van der Waals surface area contributed by atoms with E-state index in [1.165, 1.54) is 50.3 Å². The molecular formula is C27H39NO3S. The quantitative estimate of drug-likeness (QED) is 0.644. The number of rotatable bonds is 5. The minimum atomic E-state index is -3.17. The Balaban J connectivity index is 1.22. The minimum Gasteiger partial charge on any atom is -0.353 e. The third kappa shape index (κ3) is 4.03. The highest BCUT2D eigenvalue weighted by Gasteiger charge is 2.53. The molecule has 0 saturated heterocycles. The first kappa shape index (κ1) is 22.4. The highest BCUT2D eigenvalue weighted by molar-refractivity contribution is 7.90. The van der Waals surface area contributed by atoms with E-state index in [1.54, 1.807) is 12.1 Å². The SMILES string of the molecule is CC(NC(=O)C12CCC(c3ccc(S(C)(=O)=O)cc3)(CC1)CC2)C1CC2CCCC(C2)C1. The van der Waals surface area contributed by atoms with Gasteiger partial charge in [0.05, 0.1) is 4.90 Å². The molecule has 0 aromatic heterocycles. The lowest BCUT2D eigenvalue weighted by Crippen LogP contribution is -2.54. The van der Waals surface area contributed by atoms with Crippen molar-refractivity contribution in [2.24, 2.45) is 23.2 Å². The monoisotopic (exact) mass is 457 g/mol. The fraction of sp³-hybridized carbons (Fsp3) is 0.741. The molecule has 0 radical (unpaired) electrons. The summed E-state index contributed by atoms with van der Waals surface area (Å²) in [4.78, 5) is 13.9. The van der Waals surface area contributed by atoms with Crippen molar-refractivity contribution >= 4 is 15.7 Å². The molecule has 1 aromatic rings. The number of fused-ring (bicyclic) bond motifs is 5. The van der Waals surface area contributed by atoms with Crippen molar-refractivity contribution < 1.29 is 13.2 Å². The molecule has 1 aromatic carbocycles. The van der Waals surface area contributed by atoms with Crippen LogP contribution in [0.2, 0.25) is 0 Å². The van der Waals surface area contributed by atoms with E-state index in [2.05, 4.69) is 12.2 Å². The van der Waals surface area contributed by atoms with E-state index in [9.17, 15) is 13.2 Å². The number of carbonyl (C=O) groups excluding carboxylic acids is 1. The number of carbonyl (C=O) groups is 1. The normalized spacial score (nSPS) is 37.6. The summed E-state index contributed by atoms with van der Waals surface area (Å²) in [5, 5.41) is 3.50. The second-order valence-corrected chi connectivity index (χ2v) is 13.8. The van der Waals surface area contributed by atoms with Crippen LogP contribution in [0.15, 0.2) is 29.2 Å². The van der Waals surface area contributed by atoms with Crippen LogP contribution in [-0.4, -0.2) is 26.6 Å². The average molecular weight is 458 g/mol. The third-order valence-electron chi connectivity index (χ3n) is 9.85. The van der Waals surface area contributed by atoms with Gasteiger partial charge in [-0.2, -0.15) is 0 Å². The van der Waals surface area contributed by atoms with Crippen molar-refractivity contribution in [2.75, 3.05) is 6.26 Å². The summed E-state index contributed by atoms with van der Waals surface area (Å²) >= 11 is 0. The van der Waals surface area contributed by atoms with Gasteiger partial charge in [0.15, 0.2) is 9.84 Å². The second kappa shape index (κ2) is 8.14. The van der Waals surface area contributed by atoms with Crippen molar-refractivity contribution in [1.29, 1.82) is 0 Å². The predicted molar refractivity (Wildman–Crippen MR) is 127 cm³/mol. The number of sulfone groups is 1. The molecule has 3 unspecified atom stereocenters. The maximum absolute atomic E-state index is 13.5. The summed E-state index contributed by atoms with van der Waals surface area (Å²) in [5.41, 5.74) is 1.18. The lowest BCUT2D eigenvalue weighted by molar-refractivity contribution is -0.139. The highest BCUT2D eigenvalue weighted by atomic mass is 32.2. The summed E-state index contributed by atoms with van der Waals surface area (Å²) in [6.45, 7) is 2.25. The van der Waals surface area contributed by atoms with Gasteiger partial charge in [0, 0.05) is 17.7 Å². The summed E-state index contributed by atoms with van der Waals surface area (Å²) in [7, 11) is -3.17. The van der Waals surface area contributed by atoms with Gasteiger partial charge in [-0.15, -0.1) is 0 Å². The molecule has 5 saturated carbocycles. The fourth-order valence-corrected chi connectivity index (χ4v) is 8.31. The Bertz CT molecular complexity index is 931. The van der Waals surface area contributed by atoms with Gasteiger partial charge in [-0.3, -0.25) is 4.79 Å². The summed E-state index contributed by atoms with van der Waals surface area (Å²) in [5.74, 6) is 2.74. The number of amides is 1. The van der Waals surface area contributed by atoms with Crippen LogP contribution >= 0.6 is 0 Å². The lowest BCUT2D eigenvalue weighted by atomic mass is 9.51. The number of nitrogens with one attached hydrogen (secondary N) is 1. The van der Waals surface area contributed by atoms with E-state index in [0.717, 1.165) is 50.4 Å². The smallest absolute Gasteiger partial charge is 0.226 e. The molecule has 5 fully saturated rings. The number of benzene rings is 1. The van der Waals surface area contributed by atoms with E-state index in [0.29, 0.717) is 16.7 Å². The first-order valence-corrected chi connectivity index (χ1v) is 14.7. The van der Waals surface area contributed by atoms with Gasteiger partial charge in [0.25, 0.3) is 0 Å². The molecule has 1 N–H and O–H groups in total. The second-order valence-electron chi connectivity index (χ2n) is 11.7. The molecule has 5 aliphatic rings. The molecule has 1 amide bonds. The van der Waals surface area contributed by atoms with E-state index in [1.807, 2.05) is 12.1 Å². The Kier molecular flexibility index (Phi) is 5.71. The van der Waals surface area contributed by atoms with Gasteiger partial charge in [0.2, 0.25) is 5.91 Å². The molecule has 4 nitrogen and oxygen atoms in total. The lowest BCUT2D eigenvalue weighted by Gasteiger charge is -2.53. The van der Waals surface area contributed by atoms with Crippen molar-refractivity contribution in [3.63, 3.8) is 0 Å². The molecule has 32 heavy (non-hydrogen) atoms. The van der Waals surface area contributed by atoms with Crippen LogP contribution in [0.25, 0.3) is 0 Å². The van der Waals surface area contributed by atoms with Crippen LogP contribution in [0.5, 0.6) is 0 Å². The van der Waals surface area contributed by atoms with Gasteiger partial charge in [-0.1, -0.05) is 31.4 Å². The van der Waals surface area contributed by atoms with Crippen LogP contribution < -0.4 is 5.32 Å². The van der Waals surface area contributed by atoms with Crippen LogP contribution in [0.1, 0.15) is 89.5 Å². The highest BCUT2D eigenvalue weighted by Crippen LogP contribution is 2.58. The van der Waals surface area contributed by atoms with Crippen molar-refractivity contribution in [1.82, 2.24) is 5.32 Å². The molecule has 5 heteroatoms. The molecule has 176 valence electrons. The fourth-order valence-electron chi connectivity index (χ4n) is 7.68. The topological polar surface area (TPSA) is 63.2 Å². The number of hydrogen-bond donors (Lipinski definition) is 1. The Hall–Kier alpha value is -1.36. The molecule has 5 aliphatic carbocycles. The van der Waals surface area contributed by atoms with Crippen LogP contribution in [0.4, 0.5) is 0 Å². The van der Waals surface area contributed by atoms with E-state index >= 15 is 0 Å². The van der Waals surface area contributed by atoms with Crippen molar-refractivity contribution in [2.45, 2.75) is 100 Å². The van der Waals surface area contributed by atoms with E-state index in [4.69, 9.17) is 0 Å². The average Bonchev–Trinajstić information content (AvgIpc) is 2.79. The van der Waals surface area contributed by atoms with Crippen LogP contribution in [0.3, 0.4) is 0 Å². The zero-order valence-corrected chi connectivity index (χ0v) is 20.6. The molecular weight excluding hydrogens is 418 g/mol. The molecule has 0 aliphatic heterocycles. The standard InChI is InChI=1S/C27H39NO3S/c1-19(22-17-20-4-3-5-21(16-20)18-22)28-25(29)27-13-10-26(11-14-27,12-15-27)23-6-8-24(9-7-23)32(2,30)31/h6-9,19-22H,3-5,10-18H2,1-2H3,(H,28,29). The van der Waals surface area contributed by atoms with Crippen molar-refractivity contribution in [3.05, 3.63) is 29.8 Å². The predicted octanol–water partition coefficient (Wildman–Crippen LogP) is 5.40. The zero-order chi connectivity index (χ0) is 22.6. The van der Waals surface area contributed by atoms with Gasteiger partial charge < -0.3 is 5.32 Å². The molecule has 4 bridgehead atoms. The molecule has 3 atom stereocenters. The summed E-state index contributed by atoms with van der Waals surface area (Å²) in [6.07, 6.45) is 15.4. The summed E-state index contributed by atoms with van der Waals surface area (Å²) < 4.78 is 23.6. The Morgan fingerprint density at radius 3 is 2.03 bits per heavy atom. The van der Waals surface area contributed by atoms with Crippen molar-refractivity contribution in [3.8, 4) is 0 Å². The largest absolute Gasteiger partial charge is 0.353 e. The van der Waals surface area contributed by atoms with Gasteiger partial charge in [-0.25, -0.2) is 8.42 Å². The van der Waals surface area contributed by atoms with E-state index < -0.39 is 9.84 Å². The van der Waals surface area contributed by atoms with Crippen LogP contribution in [-0.2, 0) is 20.0 Å². The van der Waals surface area contributed by atoms with Gasteiger partial charge in [0.1, 0.15) is 0 Å². The minimum absolute atomic E-state index is 0.116.